The van der Waals surface area contributed by atoms with Crippen molar-refractivity contribution < 1.29 is 19.1 Å². The Balaban J connectivity index is 1.25. The van der Waals surface area contributed by atoms with Gasteiger partial charge in [0.05, 0.1) is 29.9 Å². The van der Waals surface area contributed by atoms with Crippen LogP contribution in [-0.2, 0) is 20.7 Å². The van der Waals surface area contributed by atoms with Crippen molar-refractivity contribution in [3.05, 3.63) is 41.7 Å². The second kappa shape index (κ2) is 9.66. The number of nitrogens with zero attached hydrogens (tertiary/aromatic N) is 4. The Bertz CT molecular complexity index is 1350. The normalized spacial score (nSPS) is 23.5. The predicted molar refractivity (Wildman–Crippen MR) is 138 cm³/mol. The van der Waals surface area contributed by atoms with Crippen molar-refractivity contribution >= 4 is 34.2 Å². The molecule has 2 aromatic heterocycles. The van der Waals surface area contributed by atoms with Gasteiger partial charge in [0, 0.05) is 25.8 Å². The molecule has 3 atom stereocenters. The predicted octanol–water partition coefficient (Wildman–Crippen LogP) is 3.59. The first-order chi connectivity index (χ1) is 18.0. The van der Waals surface area contributed by atoms with Crippen LogP contribution in [0.1, 0.15) is 62.4 Å². The van der Waals surface area contributed by atoms with Crippen molar-refractivity contribution in [3.63, 3.8) is 0 Å². The summed E-state index contributed by atoms with van der Waals surface area (Å²) in [6.07, 6.45) is 8.67. The number of carbonyl (C=O) groups excluding carboxylic acids is 2. The first-order valence-corrected chi connectivity index (χ1v) is 13.1. The minimum absolute atomic E-state index is 0.160. The van der Waals surface area contributed by atoms with Crippen LogP contribution in [0.15, 0.2) is 30.6 Å². The third-order valence-electron chi connectivity index (χ3n) is 7.67. The van der Waals surface area contributed by atoms with Gasteiger partial charge in [0.2, 0.25) is 0 Å². The van der Waals surface area contributed by atoms with E-state index in [2.05, 4.69) is 28.4 Å². The number of anilines is 2. The topological polar surface area (TPSA) is 125 Å². The van der Waals surface area contributed by atoms with E-state index in [1.807, 2.05) is 12.1 Å². The van der Waals surface area contributed by atoms with Crippen molar-refractivity contribution in [1.82, 2.24) is 19.7 Å². The molecule has 194 valence electrons. The van der Waals surface area contributed by atoms with Gasteiger partial charge in [-0.05, 0) is 61.3 Å². The highest BCUT2D eigenvalue weighted by Gasteiger charge is 2.35. The summed E-state index contributed by atoms with van der Waals surface area (Å²) in [6, 6.07) is 5.94. The molecule has 37 heavy (non-hydrogen) atoms. The molecule has 2 saturated heterocycles. The van der Waals surface area contributed by atoms with Crippen molar-refractivity contribution in [2.75, 3.05) is 30.8 Å². The van der Waals surface area contributed by atoms with Crippen LogP contribution in [-0.4, -0.2) is 51.2 Å². The maximum absolute atomic E-state index is 13.5. The lowest BCUT2D eigenvalue weighted by atomic mass is 9.89. The zero-order valence-electron chi connectivity index (χ0n) is 21.0. The van der Waals surface area contributed by atoms with E-state index in [1.54, 1.807) is 15.8 Å². The molecule has 3 aromatic rings. The average Bonchev–Trinajstić information content (AvgIpc) is 3.58. The van der Waals surface area contributed by atoms with Crippen molar-refractivity contribution in [2.24, 2.45) is 5.92 Å². The third kappa shape index (κ3) is 4.50. The van der Waals surface area contributed by atoms with E-state index >= 15 is 0 Å². The third-order valence-corrected chi connectivity index (χ3v) is 7.67. The molecule has 0 spiro atoms. The number of hydrogen-bond acceptors (Lipinski definition) is 7. The largest absolute Gasteiger partial charge is 0.493 e. The summed E-state index contributed by atoms with van der Waals surface area (Å²) < 4.78 is 13.2. The van der Waals surface area contributed by atoms with Crippen molar-refractivity contribution in [1.29, 1.82) is 0 Å². The lowest BCUT2D eigenvalue weighted by molar-refractivity contribution is -0.146. The van der Waals surface area contributed by atoms with E-state index < -0.39 is 11.8 Å². The highest BCUT2D eigenvalue weighted by Crippen LogP contribution is 2.37. The maximum Gasteiger partial charge on any atom is 0.314 e. The van der Waals surface area contributed by atoms with Gasteiger partial charge in [0.1, 0.15) is 23.3 Å². The van der Waals surface area contributed by atoms with Crippen LogP contribution >= 0.6 is 0 Å². The number of likely N-dealkylation sites (tertiary alicyclic amines) is 1. The summed E-state index contributed by atoms with van der Waals surface area (Å²) in [6.45, 7) is 3.99. The molecule has 2 amide bonds. The second-order valence-electron chi connectivity index (χ2n) is 10.3. The zero-order valence-corrected chi connectivity index (χ0v) is 21.0. The smallest absolute Gasteiger partial charge is 0.314 e. The van der Waals surface area contributed by atoms with E-state index in [-0.39, 0.29) is 12.3 Å². The van der Waals surface area contributed by atoms with Gasteiger partial charge in [-0.1, -0.05) is 13.0 Å². The van der Waals surface area contributed by atoms with E-state index in [9.17, 15) is 9.59 Å². The minimum atomic E-state index is -0.708. The molecule has 0 aliphatic carbocycles. The van der Waals surface area contributed by atoms with Crippen LogP contribution in [0.25, 0.3) is 10.9 Å². The van der Waals surface area contributed by atoms with Crippen LogP contribution < -0.4 is 15.8 Å². The van der Waals surface area contributed by atoms with Gasteiger partial charge >= 0.3 is 11.8 Å². The maximum atomic E-state index is 13.5. The fraction of sp³-hybridized carbons (Fsp3) is 0.481. The number of pyridine rings is 1. The molecule has 0 radical (unpaired) electrons. The number of aromatic nitrogens is 3. The van der Waals surface area contributed by atoms with Crippen LogP contribution in [0.5, 0.6) is 5.75 Å². The van der Waals surface area contributed by atoms with Crippen molar-refractivity contribution in [2.45, 2.75) is 57.7 Å². The molecule has 0 saturated carbocycles. The van der Waals surface area contributed by atoms with Gasteiger partial charge < -0.3 is 25.4 Å². The molecule has 6 rings (SSSR count). The Morgan fingerprint density at radius 1 is 1.16 bits per heavy atom. The Labute approximate surface area is 215 Å². The highest BCUT2D eigenvalue weighted by atomic mass is 16.5. The fourth-order valence-corrected chi connectivity index (χ4v) is 5.66. The molecule has 3 N–H and O–H groups in total. The molecule has 10 nitrogen and oxygen atoms in total. The standard InChI is InChI=1S/C27H32N6O4/c1-16-5-7-21(17-6-8-22-18(12-17)9-11-36-22)32(14-16)27(35)26(34)30-20-13-29-25(28)19-15-33(31-24(19)20)23-4-2-3-10-37-23/h6,8,12-13,15-16,21,23H,2-5,7,9-11,14H2,1H3,(H2,28,29)(H,30,34)/t16-,21+,23?/m0/s1. The van der Waals surface area contributed by atoms with Gasteiger partial charge in [-0.2, -0.15) is 5.10 Å². The average molecular weight is 505 g/mol. The Morgan fingerprint density at radius 2 is 2.05 bits per heavy atom. The number of nitrogens with one attached hydrogen (secondary N) is 1. The number of piperidine rings is 1. The molecule has 5 heterocycles. The van der Waals surface area contributed by atoms with E-state index in [4.69, 9.17) is 15.2 Å². The van der Waals surface area contributed by atoms with Gasteiger partial charge in [0.25, 0.3) is 0 Å². The molecule has 1 aromatic carbocycles. The summed E-state index contributed by atoms with van der Waals surface area (Å²) in [5.41, 5.74) is 9.15. The number of benzene rings is 1. The molecule has 2 fully saturated rings. The van der Waals surface area contributed by atoms with E-state index in [0.29, 0.717) is 48.1 Å². The van der Waals surface area contributed by atoms with Gasteiger partial charge in [-0.3, -0.25) is 9.59 Å². The van der Waals surface area contributed by atoms with E-state index in [1.165, 1.54) is 6.20 Å². The van der Waals surface area contributed by atoms with Crippen LogP contribution in [0.4, 0.5) is 11.5 Å². The van der Waals surface area contributed by atoms with Gasteiger partial charge in [-0.15, -0.1) is 0 Å². The van der Waals surface area contributed by atoms with E-state index in [0.717, 1.165) is 55.4 Å². The number of nitrogen functional groups attached to an aromatic ring is 1. The van der Waals surface area contributed by atoms with Crippen molar-refractivity contribution in [3.8, 4) is 5.75 Å². The summed E-state index contributed by atoms with van der Waals surface area (Å²) in [5, 5.41) is 8.03. The van der Waals surface area contributed by atoms with Crippen LogP contribution in [0.3, 0.4) is 0 Å². The summed E-state index contributed by atoms with van der Waals surface area (Å²) in [5.74, 6) is 0.253. The molecule has 10 heteroatoms. The molecule has 1 unspecified atom stereocenters. The monoisotopic (exact) mass is 504 g/mol. The first kappa shape index (κ1) is 23.7. The first-order valence-electron chi connectivity index (χ1n) is 13.1. The highest BCUT2D eigenvalue weighted by molar-refractivity contribution is 6.40. The zero-order chi connectivity index (χ0) is 25.5. The fourth-order valence-electron chi connectivity index (χ4n) is 5.66. The van der Waals surface area contributed by atoms with Gasteiger partial charge in [0.15, 0.2) is 0 Å². The SMILES string of the molecule is C[C@H]1CC[C@H](c2ccc3c(c2)CCO3)N(C(=O)C(=O)Nc2cnc(N)c3cn(C4CCCCO4)nc23)C1. The summed E-state index contributed by atoms with van der Waals surface area (Å²) in [7, 11) is 0. The minimum Gasteiger partial charge on any atom is -0.493 e. The quantitative estimate of drug-likeness (QED) is 0.522. The molecule has 3 aliphatic rings. The Kier molecular flexibility index (Phi) is 6.19. The molecular weight excluding hydrogens is 472 g/mol. The summed E-state index contributed by atoms with van der Waals surface area (Å²) >= 11 is 0. The Morgan fingerprint density at radius 3 is 2.89 bits per heavy atom. The lowest BCUT2D eigenvalue weighted by Crippen LogP contribution is -2.46. The van der Waals surface area contributed by atoms with Crippen LogP contribution in [0, 0.1) is 5.92 Å². The molecule has 0 bridgehead atoms. The van der Waals surface area contributed by atoms with Gasteiger partial charge in [-0.25, -0.2) is 9.67 Å². The number of rotatable bonds is 3. The number of hydrogen-bond donors (Lipinski definition) is 2. The molecular formula is C27H32N6O4. The number of ether oxygens (including phenoxy) is 2. The number of carbonyl (C=O) groups is 2. The van der Waals surface area contributed by atoms with Crippen LogP contribution in [0.2, 0.25) is 0 Å². The second-order valence-corrected chi connectivity index (χ2v) is 10.3. The summed E-state index contributed by atoms with van der Waals surface area (Å²) in [4.78, 5) is 32.7. The number of fused-ring (bicyclic) bond motifs is 2. The molecule has 3 aliphatic heterocycles. The lowest BCUT2D eigenvalue weighted by Gasteiger charge is -2.38. The Hall–Kier alpha value is -3.66. The number of nitrogens with two attached hydrogens (primary N) is 1. The number of amides is 2.